The third kappa shape index (κ3) is 4.15. The SMILES string of the molecule is O=C(NCCc1ccccc1)c1cnn(-c2ccccc2)c1C1CCNCC1. The molecule has 1 fully saturated rings. The van der Waals surface area contributed by atoms with Crippen molar-refractivity contribution in [3.05, 3.63) is 83.7 Å². The van der Waals surface area contributed by atoms with Crippen LogP contribution in [0.25, 0.3) is 5.69 Å². The molecule has 0 aliphatic carbocycles. The second-order valence-corrected chi connectivity index (χ2v) is 7.21. The van der Waals surface area contributed by atoms with Crippen molar-refractivity contribution >= 4 is 5.91 Å². The highest BCUT2D eigenvalue weighted by Gasteiger charge is 2.26. The molecule has 5 heteroatoms. The van der Waals surface area contributed by atoms with Gasteiger partial charge in [-0.25, -0.2) is 4.68 Å². The zero-order chi connectivity index (χ0) is 19.2. The lowest BCUT2D eigenvalue weighted by atomic mass is 9.91. The Labute approximate surface area is 165 Å². The van der Waals surface area contributed by atoms with Crippen LogP contribution in [-0.2, 0) is 6.42 Å². The molecule has 0 saturated carbocycles. The van der Waals surface area contributed by atoms with E-state index in [2.05, 4.69) is 27.9 Å². The van der Waals surface area contributed by atoms with E-state index in [0.29, 0.717) is 18.0 Å². The molecular formula is C23H26N4O. The number of piperidine rings is 1. The van der Waals surface area contributed by atoms with Crippen molar-refractivity contribution in [2.75, 3.05) is 19.6 Å². The Morgan fingerprint density at radius 1 is 1.04 bits per heavy atom. The molecule has 144 valence electrons. The summed E-state index contributed by atoms with van der Waals surface area (Å²) in [6.45, 7) is 2.56. The van der Waals surface area contributed by atoms with Gasteiger partial charge in [0.15, 0.2) is 0 Å². The van der Waals surface area contributed by atoms with Gasteiger partial charge >= 0.3 is 0 Å². The summed E-state index contributed by atoms with van der Waals surface area (Å²) >= 11 is 0. The van der Waals surface area contributed by atoms with Gasteiger partial charge in [0.1, 0.15) is 0 Å². The lowest BCUT2D eigenvalue weighted by Gasteiger charge is -2.24. The number of rotatable bonds is 6. The molecule has 1 aliphatic rings. The van der Waals surface area contributed by atoms with Crippen molar-refractivity contribution in [1.82, 2.24) is 20.4 Å². The number of hydrogen-bond donors (Lipinski definition) is 2. The maximum Gasteiger partial charge on any atom is 0.254 e. The van der Waals surface area contributed by atoms with Crippen LogP contribution in [0.5, 0.6) is 0 Å². The van der Waals surface area contributed by atoms with E-state index >= 15 is 0 Å². The molecular weight excluding hydrogens is 348 g/mol. The van der Waals surface area contributed by atoms with Crippen LogP contribution in [-0.4, -0.2) is 35.3 Å². The molecule has 2 aromatic carbocycles. The maximum atomic E-state index is 13.0. The Bertz CT molecular complexity index is 899. The van der Waals surface area contributed by atoms with Crippen LogP contribution in [0.1, 0.15) is 40.4 Å². The summed E-state index contributed by atoms with van der Waals surface area (Å²) in [7, 11) is 0. The number of hydrogen-bond acceptors (Lipinski definition) is 3. The molecule has 0 atom stereocenters. The van der Waals surface area contributed by atoms with E-state index in [1.807, 2.05) is 53.2 Å². The maximum absolute atomic E-state index is 13.0. The Kier molecular flexibility index (Phi) is 5.83. The van der Waals surface area contributed by atoms with Gasteiger partial charge in [0.05, 0.1) is 23.1 Å². The Balaban J connectivity index is 1.55. The Morgan fingerprint density at radius 3 is 2.43 bits per heavy atom. The third-order valence-corrected chi connectivity index (χ3v) is 5.32. The first-order chi connectivity index (χ1) is 13.8. The number of nitrogens with zero attached hydrogens (tertiary/aromatic N) is 2. The van der Waals surface area contributed by atoms with Gasteiger partial charge in [0.25, 0.3) is 5.91 Å². The number of carbonyl (C=O) groups excluding carboxylic acids is 1. The van der Waals surface area contributed by atoms with Crippen molar-refractivity contribution < 1.29 is 4.79 Å². The summed E-state index contributed by atoms with van der Waals surface area (Å²) < 4.78 is 1.95. The number of nitrogens with one attached hydrogen (secondary N) is 2. The predicted molar refractivity (Wildman–Crippen MR) is 111 cm³/mol. The normalized spacial score (nSPS) is 14.7. The largest absolute Gasteiger partial charge is 0.352 e. The summed E-state index contributed by atoms with van der Waals surface area (Å²) in [5, 5.41) is 11.1. The molecule has 1 amide bonds. The van der Waals surface area contributed by atoms with E-state index in [-0.39, 0.29) is 5.91 Å². The lowest BCUT2D eigenvalue weighted by Crippen LogP contribution is -2.31. The predicted octanol–water partition coefficient (Wildman–Crippen LogP) is 3.31. The molecule has 1 saturated heterocycles. The van der Waals surface area contributed by atoms with E-state index in [9.17, 15) is 4.79 Å². The van der Waals surface area contributed by atoms with Gasteiger partial charge in [-0.05, 0) is 50.0 Å². The number of para-hydroxylation sites is 1. The zero-order valence-corrected chi connectivity index (χ0v) is 16.0. The van der Waals surface area contributed by atoms with Crippen molar-refractivity contribution in [2.24, 2.45) is 0 Å². The summed E-state index contributed by atoms with van der Waals surface area (Å²) in [5.41, 5.74) is 3.95. The van der Waals surface area contributed by atoms with Gasteiger partial charge in [0, 0.05) is 12.5 Å². The zero-order valence-electron chi connectivity index (χ0n) is 16.0. The van der Waals surface area contributed by atoms with Crippen LogP contribution < -0.4 is 10.6 Å². The summed E-state index contributed by atoms with van der Waals surface area (Å²) in [6, 6.07) is 20.3. The number of aromatic nitrogens is 2. The molecule has 2 heterocycles. The quantitative estimate of drug-likeness (QED) is 0.696. The summed E-state index contributed by atoms with van der Waals surface area (Å²) in [4.78, 5) is 13.0. The van der Waals surface area contributed by atoms with E-state index in [1.54, 1.807) is 6.20 Å². The highest BCUT2D eigenvalue weighted by Crippen LogP contribution is 2.30. The molecule has 5 nitrogen and oxygen atoms in total. The Hall–Kier alpha value is -2.92. The van der Waals surface area contributed by atoms with Crippen molar-refractivity contribution in [2.45, 2.75) is 25.2 Å². The van der Waals surface area contributed by atoms with Gasteiger partial charge in [0.2, 0.25) is 0 Å². The fraction of sp³-hybridized carbons (Fsp3) is 0.304. The molecule has 0 bridgehead atoms. The van der Waals surface area contributed by atoms with Crippen molar-refractivity contribution in [3.63, 3.8) is 0 Å². The minimum atomic E-state index is -0.0355. The van der Waals surface area contributed by atoms with Gasteiger partial charge in [-0.3, -0.25) is 4.79 Å². The average Bonchev–Trinajstić information content (AvgIpc) is 3.21. The molecule has 28 heavy (non-hydrogen) atoms. The van der Waals surface area contributed by atoms with Crippen LogP contribution in [0.4, 0.5) is 0 Å². The standard InChI is InChI=1S/C23H26N4O/c28-23(25-16-11-18-7-3-1-4-8-18)21-17-26-27(20-9-5-2-6-10-20)22(21)19-12-14-24-15-13-19/h1-10,17,19,24H,11-16H2,(H,25,28). The minimum absolute atomic E-state index is 0.0355. The third-order valence-electron chi connectivity index (χ3n) is 5.32. The molecule has 1 aliphatic heterocycles. The minimum Gasteiger partial charge on any atom is -0.352 e. The highest BCUT2D eigenvalue weighted by atomic mass is 16.1. The first kappa shape index (κ1) is 18.4. The van der Waals surface area contributed by atoms with Gasteiger partial charge < -0.3 is 10.6 Å². The van der Waals surface area contributed by atoms with Gasteiger partial charge in [-0.2, -0.15) is 5.10 Å². The van der Waals surface area contributed by atoms with Crippen LogP contribution in [0.15, 0.2) is 66.9 Å². The molecule has 0 spiro atoms. The summed E-state index contributed by atoms with van der Waals surface area (Å²) in [6.07, 6.45) is 4.58. The highest BCUT2D eigenvalue weighted by molar-refractivity contribution is 5.95. The molecule has 0 radical (unpaired) electrons. The number of carbonyl (C=O) groups is 1. The van der Waals surface area contributed by atoms with E-state index in [4.69, 9.17) is 0 Å². The average molecular weight is 374 g/mol. The van der Waals surface area contributed by atoms with Gasteiger partial charge in [-0.1, -0.05) is 48.5 Å². The fourth-order valence-corrected chi connectivity index (χ4v) is 3.86. The fourth-order valence-electron chi connectivity index (χ4n) is 3.86. The number of benzene rings is 2. The molecule has 3 aromatic rings. The van der Waals surface area contributed by atoms with Crippen LogP contribution in [0, 0.1) is 0 Å². The van der Waals surface area contributed by atoms with Crippen molar-refractivity contribution in [3.8, 4) is 5.69 Å². The Morgan fingerprint density at radius 2 is 1.71 bits per heavy atom. The monoisotopic (exact) mass is 374 g/mol. The van der Waals surface area contributed by atoms with Crippen LogP contribution >= 0.6 is 0 Å². The second-order valence-electron chi connectivity index (χ2n) is 7.21. The topological polar surface area (TPSA) is 59.0 Å². The number of amides is 1. The molecule has 4 rings (SSSR count). The van der Waals surface area contributed by atoms with E-state index < -0.39 is 0 Å². The summed E-state index contributed by atoms with van der Waals surface area (Å²) in [5.74, 6) is 0.297. The first-order valence-electron chi connectivity index (χ1n) is 9.99. The smallest absolute Gasteiger partial charge is 0.254 e. The van der Waals surface area contributed by atoms with Crippen LogP contribution in [0.2, 0.25) is 0 Å². The molecule has 2 N–H and O–H groups in total. The first-order valence-corrected chi connectivity index (χ1v) is 9.99. The molecule has 0 unspecified atom stereocenters. The van der Waals surface area contributed by atoms with E-state index in [0.717, 1.165) is 43.7 Å². The van der Waals surface area contributed by atoms with Crippen LogP contribution in [0.3, 0.4) is 0 Å². The lowest BCUT2D eigenvalue weighted by molar-refractivity contribution is 0.0952. The molecule has 1 aromatic heterocycles. The second kappa shape index (κ2) is 8.85. The van der Waals surface area contributed by atoms with Crippen molar-refractivity contribution in [1.29, 1.82) is 0 Å². The van der Waals surface area contributed by atoms with E-state index in [1.165, 1.54) is 5.56 Å². The van der Waals surface area contributed by atoms with Gasteiger partial charge in [-0.15, -0.1) is 0 Å².